The zero-order chi connectivity index (χ0) is 18.4. The molecule has 136 valence electrons. The second-order valence-corrected chi connectivity index (χ2v) is 5.85. The first-order valence-electron chi connectivity index (χ1n) is 7.81. The van der Waals surface area contributed by atoms with Crippen LogP contribution in [0, 0.1) is 5.92 Å². The van der Waals surface area contributed by atoms with Gasteiger partial charge in [-0.2, -0.15) is 0 Å². The summed E-state index contributed by atoms with van der Waals surface area (Å²) >= 11 is 0. The van der Waals surface area contributed by atoms with Gasteiger partial charge in [0.25, 0.3) is 5.91 Å². The number of aliphatic hydroxyl groups is 2. The molecule has 2 rings (SSSR count). The predicted octanol–water partition coefficient (Wildman–Crippen LogP) is 1.49. The van der Waals surface area contributed by atoms with Gasteiger partial charge in [0.05, 0.1) is 12.7 Å². The minimum Gasteiger partial charge on any atom is -0.463 e. The molecule has 0 aliphatic carbocycles. The number of benzene rings is 1. The Morgan fingerprint density at radius 1 is 1.44 bits per heavy atom. The third-order valence-electron chi connectivity index (χ3n) is 4.05. The monoisotopic (exact) mass is 351 g/mol. The minimum absolute atomic E-state index is 0.180. The number of aliphatic hydroxyl groups excluding tert-OH is 1. The maximum atomic E-state index is 11.0. The number of ether oxygens (including phenoxy) is 3. The zero-order valence-corrected chi connectivity index (χ0v) is 14.0. The fraction of sp³-hybridized carbons (Fsp3) is 0.562. The number of rotatable bonds is 6. The van der Waals surface area contributed by atoms with Crippen molar-refractivity contribution in [3.8, 4) is 0 Å². The molecule has 1 saturated heterocycles. The van der Waals surface area contributed by atoms with Crippen molar-refractivity contribution in [1.29, 1.82) is 0 Å². The van der Waals surface area contributed by atoms with Crippen LogP contribution < -0.4 is 0 Å². The van der Waals surface area contributed by atoms with Crippen LogP contribution in [0.1, 0.15) is 19.4 Å². The maximum Gasteiger partial charge on any atom is 0.302 e. The van der Waals surface area contributed by atoms with Crippen LogP contribution >= 0.6 is 0 Å². The van der Waals surface area contributed by atoms with Crippen molar-refractivity contribution >= 4 is 5.97 Å². The zero-order valence-electron chi connectivity index (χ0n) is 14.0. The van der Waals surface area contributed by atoms with Gasteiger partial charge in [-0.15, -0.1) is 0 Å². The Bertz CT molecular complexity index is 636. The number of hydrogen-bond acceptors (Lipinski definition) is 7. The van der Waals surface area contributed by atoms with E-state index in [1.807, 2.05) is 30.3 Å². The Balaban J connectivity index is 2.17. The minimum atomic E-state index is -2.22. The average Bonchev–Trinajstić information content (AvgIpc) is 2.58. The van der Waals surface area contributed by atoms with E-state index < -0.39 is 36.1 Å². The number of carbonyl (C=O) groups excluding carboxylic acids is 1. The van der Waals surface area contributed by atoms with Gasteiger partial charge in [0, 0.05) is 17.8 Å². The molecule has 0 bridgehead atoms. The van der Waals surface area contributed by atoms with Gasteiger partial charge in [0.1, 0.15) is 18.8 Å². The lowest BCUT2D eigenvalue weighted by atomic mass is 9.89. The smallest absolute Gasteiger partial charge is 0.302 e. The fourth-order valence-electron chi connectivity index (χ4n) is 2.64. The first-order valence-corrected chi connectivity index (χ1v) is 7.81. The summed E-state index contributed by atoms with van der Waals surface area (Å²) in [6.07, 6.45) is -3.19. The summed E-state index contributed by atoms with van der Waals surface area (Å²) in [4.78, 5) is 13.6. The average molecular weight is 351 g/mol. The van der Waals surface area contributed by atoms with E-state index in [1.165, 1.54) is 13.8 Å². The van der Waals surface area contributed by atoms with Crippen LogP contribution in [0.3, 0.4) is 0 Å². The maximum absolute atomic E-state index is 11.0. The standard InChI is InChI=1S/C16H21N3O6/c1-10-15(24-8-12-6-4-3-5-7-12)14(21)13(9-23-11(2)20)25-16(10,22)18-19-17/h3-7,10,13-15,21-22H,8-9H2,1-2H3. The highest BCUT2D eigenvalue weighted by molar-refractivity contribution is 5.65. The number of nitrogens with zero attached hydrogens (tertiary/aromatic N) is 3. The van der Waals surface area contributed by atoms with Crippen molar-refractivity contribution in [2.75, 3.05) is 6.61 Å². The van der Waals surface area contributed by atoms with E-state index in [0.29, 0.717) is 0 Å². The van der Waals surface area contributed by atoms with Crippen molar-refractivity contribution < 1.29 is 29.2 Å². The molecule has 0 saturated carbocycles. The molecule has 1 aromatic rings. The molecule has 1 fully saturated rings. The van der Waals surface area contributed by atoms with Gasteiger partial charge >= 0.3 is 5.97 Å². The highest BCUT2D eigenvalue weighted by atomic mass is 16.7. The van der Waals surface area contributed by atoms with Crippen molar-refractivity contribution in [3.63, 3.8) is 0 Å². The van der Waals surface area contributed by atoms with E-state index in [-0.39, 0.29) is 13.2 Å². The predicted molar refractivity (Wildman–Crippen MR) is 85.8 cm³/mol. The van der Waals surface area contributed by atoms with Crippen molar-refractivity contribution in [2.24, 2.45) is 11.0 Å². The van der Waals surface area contributed by atoms with E-state index in [4.69, 9.17) is 19.7 Å². The lowest BCUT2D eigenvalue weighted by molar-refractivity contribution is -0.335. The SMILES string of the molecule is CC(=O)OCC1OC(O)(N=[N+]=[N-])C(C)C(OCc2ccccc2)C1O. The van der Waals surface area contributed by atoms with Crippen LogP contribution in [0.5, 0.6) is 0 Å². The lowest BCUT2D eigenvalue weighted by Crippen LogP contribution is -2.61. The van der Waals surface area contributed by atoms with Gasteiger partial charge in [0.15, 0.2) is 0 Å². The molecule has 2 N–H and O–H groups in total. The quantitative estimate of drug-likeness (QED) is 0.345. The molecule has 1 aliphatic rings. The topological polar surface area (TPSA) is 134 Å². The summed E-state index contributed by atoms with van der Waals surface area (Å²) in [6.45, 7) is 2.62. The largest absolute Gasteiger partial charge is 0.463 e. The Morgan fingerprint density at radius 3 is 2.72 bits per heavy atom. The highest BCUT2D eigenvalue weighted by Crippen LogP contribution is 2.36. The molecule has 9 nitrogen and oxygen atoms in total. The third kappa shape index (κ3) is 4.68. The molecular weight excluding hydrogens is 330 g/mol. The van der Waals surface area contributed by atoms with Gasteiger partial charge in [-0.3, -0.25) is 4.79 Å². The number of azide groups is 1. The van der Waals surface area contributed by atoms with Crippen LogP contribution in [-0.4, -0.2) is 47.0 Å². The number of esters is 1. The molecule has 9 heteroatoms. The van der Waals surface area contributed by atoms with Crippen LogP contribution in [0.15, 0.2) is 35.4 Å². The normalized spacial score (nSPS) is 31.8. The molecule has 5 atom stereocenters. The molecule has 0 spiro atoms. The highest BCUT2D eigenvalue weighted by Gasteiger charge is 2.52. The van der Waals surface area contributed by atoms with Crippen molar-refractivity contribution in [1.82, 2.24) is 0 Å². The van der Waals surface area contributed by atoms with E-state index in [2.05, 4.69) is 10.0 Å². The molecule has 5 unspecified atom stereocenters. The summed E-state index contributed by atoms with van der Waals surface area (Å²) < 4.78 is 15.9. The van der Waals surface area contributed by atoms with E-state index in [9.17, 15) is 15.0 Å². The third-order valence-corrected chi connectivity index (χ3v) is 4.05. The summed E-state index contributed by atoms with van der Waals surface area (Å²) in [7, 11) is 0. The first kappa shape index (κ1) is 19.2. The van der Waals surface area contributed by atoms with E-state index in [0.717, 1.165) is 5.56 Å². The molecule has 1 aliphatic heterocycles. The Labute approximate surface area is 144 Å². The lowest BCUT2D eigenvalue weighted by Gasteiger charge is -2.45. The van der Waals surface area contributed by atoms with Gasteiger partial charge in [-0.25, -0.2) is 0 Å². The first-order chi connectivity index (χ1) is 11.9. The Hall–Kier alpha value is -2.16. The van der Waals surface area contributed by atoms with Crippen LogP contribution in [0.4, 0.5) is 0 Å². The summed E-state index contributed by atoms with van der Waals surface area (Å²) in [5.74, 6) is -3.64. The Kier molecular flexibility index (Phi) is 6.35. The molecular formula is C16H21N3O6. The molecule has 25 heavy (non-hydrogen) atoms. The molecule has 1 heterocycles. The number of carbonyl (C=O) groups is 1. The van der Waals surface area contributed by atoms with E-state index >= 15 is 0 Å². The number of hydrogen-bond donors (Lipinski definition) is 2. The Morgan fingerprint density at radius 2 is 2.12 bits per heavy atom. The fourth-order valence-corrected chi connectivity index (χ4v) is 2.64. The van der Waals surface area contributed by atoms with Crippen LogP contribution in [-0.2, 0) is 25.6 Å². The van der Waals surface area contributed by atoms with Crippen molar-refractivity contribution in [2.45, 2.75) is 44.7 Å². The van der Waals surface area contributed by atoms with Gasteiger partial charge in [-0.1, -0.05) is 37.3 Å². The summed E-state index contributed by atoms with van der Waals surface area (Å²) in [5, 5.41) is 24.3. The second kappa shape index (κ2) is 8.28. The molecule has 1 aromatic carbocycles. The summed E-state index contributed by atoms with van der Waals surface area (Å²) in [6, 6.07) is 9.27. The van der Waals surface area contributed by atoms with Crippen molar-refractivity contribution in [3.05, 3.63) is 46.3 Å². The second-order valence-electron chi connectivity index (χ2n) is 5.85. The molecule has 0 aromatic heterocycles. The van der Waals surface area contributed by atoms with Gasteiger partial charge in [0.2, 0.25) is 0 Å². The summed E-state index contributed by atoms with van der Waals surface area (Å²) in [5.41, 5.74) is 9.57. The van der Waals surface area contributed by atoms with Crippen LogP contribution in [0.2, 0.25) is 0 Å². The van der Waals surface area contributed by atoms with E-state index in [1.54, 1.807) is 0 Å². The van der Waals surface area contributed by atoms with Crippen LogP contribution in [0.25, 0.3) is 10.4 Å². The van der Waals surface area contributed by atoms with Gasteiger partial charge < -0.3 is 24.4 Å². The van der Waals surface area contributed by atoms with Gasteiger partial charge in [-0.05, 0) is 16.2 Å². The molecule has 0 amide bonds. The molecule has 0 radical (unpaired) electrons.